The van der Waals surface area contributed by atoms with E-state index in [4.69, 9.17) is 4.42 Å². The van der Waals surface area contributed by atoms with Crippen LogP contribution in [-0.2, 0) is 17.8 Å². The van der Waals surface area contributed by atoms with Crippen molar-refractivity contribution >= 4 is 17.6 Å². The summed E-state index contributed by atoms with van der Waals surface area (Å²) in [7, 11) is 0. The third-order valence-corrected chi connectivity index (χ3v) is 3.18. The molecule has 0 aromatic carbocycles. The Labute approximate surface area is 93.9 Å². The second kappa shape index (κ2) is 4.86. The molecule has 0 bridgehead atoms. The summed E-state index contributed by atoms with van der Waals surface area (Å²) in [5, 5.41) is 0. The molecule has 1 atom stereocenters. The molecule has 0 saturated carbocycles. The molecule has 4 heteroatoms. The largest absolute Gasteiger partial charge is 0.591 e. The lowest BCUT2D eigenvalue weighted by molar-refractivity contribution is 0.510. The molecule has 84 valence electrons. The maximum absolute atomic E-state index is 11.6. The second-order valence-electron chi connectivity index (χ2n) is 4.25. The Kier molecular flexibility index (Phi) is 3.99. The predicted molar refractivity (Wildman–Crippen MR) is 63.6 cm³/mol. The molecular weight excluding hydrogens is 210 g/mol. The summed E-state index contributed by atoms with van der Waals surface area (Å²) >= 11 is -1.22. The van der Waals surface area contributed by atoms with Crippen molar-refractivity contribution in [3.05, 3.63) is 23.7 Å². The first-order chi connectivity index (χ1) is 6.93. The average Bonchev–Trinajstić information content (AvgIpc) is 2.60. The second-order valence-corrected chi connectivity index (χ2v) is 6.19. The highest BCUT2D eigenvalue weighted by atomic mass is 32.2. The van der Waals surface area contributed by atoms with Crippen molar-refractivity contribution in [2.45, 2.75) is 38.9 Å². The molecule has 15 heavy (non-hydrogen) atoms. The summed E-state index contributed by atoms with van der Waals surface area (Å²) in [6, 6.07) is 3.74. The van der Waals surface area contributed by atoms with Crippen LogP contribution in [0.5, 0.6) is 0 Å². The van der Waals surface area contributed by atoms with Gasteiger partial charge in [0.15, 0.2) is 0 Å². The molecule has 1 heterocycles. The fourth-order valence-electron chi connectivity index (χ4n) is 0.912. The zero-order chi connectivity index (χ0) is 11.5. The zero-order valence-electron chi connectivity index (χ0n) is 9.61. The maximum atomic E-state index is 11.6. The van der Waals surface area contributed by atoms with Crippen LogP contribution in [0.3, 0.4) is 0 Å². The fourth-order valence-corrected chi connectivity index (χ4v) is 1.43. The normalized spacial score (nSPS) is 14.7. The zero-order valence-corrected chi connectivity index (χ0v) is 10.4. The molecule has 0 aliphatic carbocycles. The van der Waals surface area contributed by atoms with Crippen molar-refractivity contribution in [3.8, 4) is 0 Å². The lowest BCUT2D eigenvalue weighted by Gasteiger charge is -2.17. The minimum atomic E-state index is -1.22. The fraction of sp³-hybridized carbons (Fsp3) is 0.545. The summed E-state index contributed by atoms with van der Waals surface area (Å²) in [5.41, 5.74) is 0. The molecule has 1 unspecified atom stereocenters. The molecule has 1 aromatic rings. The molecule has 3 nitrogen and oxygen atoms in total. The Morgan fingerprint density at radius 3 is 2.60 bits per heavy atom. The van der Waals surface area contributed by atoms with Gasteiger partial charge in [0.1, 0.15) is 33.8 Å². The monoisotopic (exact) mass is 227 g/mol. The molecule has 1 aromatic heterocycles. The molecular formula is C11H17NO2S. The smallest absolute Gasteiger partial charge is 0.149 e. The van der Waals surface area contributed by atoms with Crippen LogP contribution in [0.2, 0.25) is 0 Å². The van der Waals surface area contributed by atoms with Crippen LogP contribution >= 0.6 is 0 Å². The van der Waals surface area contributed by atoms with Crippen molar-refractivity contribution < 1.29 is 8.97 Å². The van der Waals surface area contributed by atoms with Gasteiger partial charge in [-0.1, -0.05) is 11.3 Å². The summed E-state index contributed by atoms with van der Waals surface area (Å²) in [4.78, 5) is 0. The van der Waals surface area contributed by atoms with Gasteiger partial charge in [0.25, 0.3) is 0 Å². The highest BCUT2D eigenvalue weighted by Gasteiger charge is 2.25. The number of aryl methyl sites for hydroxylation is 1. The van der Waals surface area contributed by atoms with Crippen LogP contribution < -0.4 is 0 Å². The van der Waals surface area contributed by atoms with Crippen LogP contribution in [-0.4, -0.2) is 15.5 Å². The van der Waals surface area contributed by atoms with Gasteiger partial charge in [-0.15, -0.1) is 0 Å². The number of furan rings is 1. The Morgan fingerprint density at radius 2 is 2.13 bits per heavy atom. The van der Waals surface area contributed by atoms with Crippen molar-refractivity contribution in [1.82, 2.24) is 0 Å². The number of hydrogen-bond donors (Lipinski definition) is 0. The molecule has 0 spiro atoms. The van der Waals surface area contributed by atoms with Gasteiger partial charge in [0.2, 0.25) is 0 Å². The van der Waals surface area contributed by atoms with Gasteiger partial charge in [-0.25, -0.2) is 0 Å². The first kappa shape index (κ1) is 12.3. The Balaban J connectivity index is 2.65. The Morgan fingerprint density at radius 1 is 1.47 bits per heavy atom. The van der Waals surface area contributed by atoms with E-state index < -0.39 is 11.4 Å². The van der Waals surface area contributed by atoms with Gasteiger partial charge in [-0.2, -0.15) is 0 Å². The molecule has 0 N–H and O–H groups in total. The minimum absolute atomic E-state index is 0.323. The summed E-state index contributed by atoms with van der Waals surface area (Å²) < 4.78 is 20.6. The molecule has 0 amide bonds. The summed E-state index contributed by atoms with van der Waals surface area (Å²) in [6.45, 7) is 7.69. The third-order valence-electron chi connectivity index (χ3n) is 1.83. The topological polar surface area (TPSA) is 48.6 Å². The summed E-state index contributed by atoms with van der Waals surface area (Å²) in [5.74, 6) is 1.57. The first-order valence-corrected chi connectivity index (χ1v) is 6.09. The number of rotatable bonds is 3. The van der Waals surface area contributed by atoms with Crippen LogP contribution in [0, 0.1) is 0 Å². The van der Waals surface area contributed by atoms with E-state index in [1.54, 1.807) is 0 Å². The Bertz CT molecular complexity index is 339. The molecule has 0 fully saturated rings. The third kappa shape index (κ3) is 3.72. The van der Waals surface area contributed by atoms with Gasteiger partial charge in [0.05, 0.1) is 0 Å². The van der Waals surface area contributed by atoms with Gasteiger partial charge in [0, 0.05) is 6.42 Å². The first-order valence-electron chi connectivity index (χ1n) is 4.98. The van der Waals surface area contributed by atoms with Crippen LogP contribution in [0.4, 0.5) is 0 Å². The van der Waals surface area contributed by atoms with E-state index in [0.717, 1.165) is 12.2 Å². The highest BCUT2D eigenvalue weighted by molar-refractivity contribution is 7.91. The van der Waals surface area contributed by atoms with Gasteiger partial charge in [-0.05, 0) is 32.9 Å². The SMILES string of the molecule is CCc1ccc(/C=N\[S+]([O-])C(C)(C)C)o1. The van der Waals surface area contributed by atoms with Crippen molar-refractivity contribution in [2.75, 3.05) is 0 Å². The lowest BCUT2D eigenvalue weighted by atomic mass is 10.3. The van der Waals surface area contributed by atoms with Gasteiger partial charge < -0.3 is 8.97 Å². The van der Waals surface area contributed by atoms with E-state index in [-0.39, 0.29) is 4.75 Å². The van der Waals surface area contributed by atoms with Crippen molar-refractivity contribution in [3.63, 3.8) is 0 Å². The van der Waals surface area contributed by atoms with E-state index in [1.807, 2.05) is 39.8 Å². The van der Waals surface area contributed by atoms with E-state index in [9.17, 15) is 4.55 Å². The van der Waals surface area contributed by atoms with E-state index >= 15 is 0 Å². The van der Waals surface area contributed by atoms with Gasteiger partial charge >= 0.3 is 0 Å². The van der Waals surface area contributed by atoms with Crippen LogP contribution in [0.25, 0.3) is 0 Å². The Hall–Kier alpha value is -0.740. The van der Waals surface area contributed by atoms with Crippen LogP contribution in [0.15, 0.2) is 20.9 Å². The quantitative estimate of drug-likeness (QED) is 0.589. The molecule has 1 rings (SSSR count). The number of nitrogens with zero attached hydrogens (tertiary/aromatic N) is 1. The van der Waals surface area contributed by atoms with E-state index in [2.05, 4.69) is 4.40 Å². The standard InChI is InChI=1S/C11H17NO2S/c1-5-9-6-7-10(14-9)8-12-15(13)11(2,3)4/h6-8H,5H2,1-4H3/b12-8-. The molecule has 0 aliphatic rings. The molecule has 0 radical (unpaired) electrons. The molecule has 0 aliphatic heterocycles. The maximum Gasteiger partial charge on any atom is 0.149 e. The summed E-state index contributed by atoms with van der Waals surface area (Å²) in [6.07, 6.45) is 2.39. The van der Waals surface area contributed by atoms with Crippen molar-refractivity contribution in [2.24, 2.45) is 4.40 Å². The minimum Gasteiger partial charge on any atom is -0.591 e. The van der Waals surface area contributed by atoms with Crippen LogP contribution in [0.1, 0.15) is 39.2 Å². The molecule has 0 saturated heterocycles. The lowest BCUT2D eigenvalue weighted by Crippen LogP contribution is -2.25. The average molecular weight is 227 g/mol. The van der Waals surface area contributed by atoms with E-state index in [1.165, 1.54) is 6.21 Å². The number of hydrogen-bond acceptors (Lipinski definition) is 3. The predicted octanol–water partition coefficient (Wildman–Crippen LogP) is 2.72. The van der Waals surface area contributed by atoms with E-state index in [0.29, 0.717) is 5.76 Å². The highest BCUT2D eigenvalue weighted by Crippen LogP contribution is 2.17. The van der Waals surface area contributed by atoms with Crippen molar-refractivity contribution in [1.29, 1.82) is 0 Å². The van der Waals surface area contributed by atoms with Gasteiger partial charge in [-0.3, -0.25) is 0 Å².